The molecule has 2 nitrogen and oxygen atoms in total. The summed E-state index contributed by atoms with van der Waals surface area (Å²) in [5.41, 5.74) is 3.16. The van der Waals surface area contributed by atoms with Crippen LogP contribution in [0, 0.1) is 6.92 Å². The van der Waals surface area contributed by atoms with E-state index >= 15 is 0 Å². The van der Waals surface area contributed by atoms with Crippen LogP contribution in [0.25, 0.3) is 0 Å². The molecule has 1 aliphatic rings. The third kappa shape index (κ3) is 2.45. The first-order valence-electron chi connectivity index (χ1n) is 4.55. The van der Waals surface area contributed by atoms with E-state index < -0.39 is 0 Å². The molecule has 0 atom stereocenters. The average molecular weight is 214 g/mol. The van der Waals surface area contributed by atoms with Crippen molar-refractivity contribution >= 4 is 23.1 Å². The zero-order valence-electron chi connectivity index (χ0n) is 7.82. The standard InChI is InChI=1S/C9H14N2S2/c1-8-9(13-7-10-8)6-11-2-4-12-5-3-11/h7H,2-6H2,1H3. The Morgan fingerprint density at radius 1 is 1.46 bits per heavy atom. The summed E-state index contributed by atoms with van der Waals surface area (Å²) in [5, 5.41) is 0. The maximum atomic E-state index is 4.27. The third-order valence-electron chi connectivity index (χ3n) is 2.32. The fourth-order valence-corrected chi connectivity index (χ4v) is 3.24. The molecule has 1 fully saturated rings. The molecule has 1 saturated heterocycles. The molecular weight excluding hydrogens is 200 g/mol. The maximum absolute atomic E-state index is 4.27. The normalized spacial score (nSPS) is 19.2. The molecule has 2 rings (SSSR count). The molecule has 0 N–H and O–H groups in total. The van der Waals surface area contributed by atoms with Gasteiger partial charge in [-0.3, -0.25) is 4.90 Å². The second-order valence-corrected chi connectivity index (χ2v) is 5.41. The lowest BCUT2D eigenvalue weighted by molar-refractivity contribution is 0.296. The van der Waals surface area contributed by atoms with E-state index in [4.69, 9.17) is 0 Å². The number of aryl methyl sites for hydroxylation is 1. The largest absolute Gasteiger partial charge is 0.297 e. The first-order valence-corrected chi connectivity index (χ1v) is 6.59. The van der Waals surface area contributed by atoms with Gasteiger partial charge >= 0.3 is 0 Å². The van der Waals surface area contributed by atoms with Crippen LogP contribution in [-0.2, 0) is 6.54 Å². The van der Waals surface area contributed by atoms with Crippen LogP contribution in [0.15, 0.2) is 5.51 Å². The Kier molecular flexibility index (Phi) is 3.24. The van der Waals surface area contributed by atoms with Gasteiger partial charge in [0.25, 0.3) is 0 Å². The molecular formula is C9H14N2S2. The highest BCUT2D eigenvalue weighted by atomic mass is 32.2. The van der Waals surface area contributed by atoms with Gasteiger partial charge < -0.3 is 0 Å². The van der Waals surface area contributed by atoms with Gasteiger partial charge in [0.1, 0.15) is 0 Å². The fourth-order valence-electron chi connectivity index (χ4n) is 1.44. The van der Waals surface area contributed by atoms with Gasteiger partial charge in [-0.25, -0.2) is 4.98 Å². The Morgan fingerprint density at radius 3 is 2.85 bits per heavy atom. The van der Waals surface area contributed by atoms with Crippen molar-refractivity contribution in [3.8, 4) is 0 Å². The van der Waals surface area contributed by atoms with Gasteiger partial charge in [0, 0.05) is 36.0 Å². The number of rotatable bonds is 2. The van der Waals surface area contributed by atoms with E-state index in [0.29, 0.717) is 0 Å². The maximum Gasteiger partial charge on any atom is 0.0798 e. The van der Waals surface area contributed by atoms with Gasteiger partial charge in [0.15, 0.2) is 0 Å². The van der Waals surface area contributed by atoms with Crippen molar-refractivity contribution in [2.24, 2.45) is 0 Å². The number of thiazole rings is 1. The van der Waals surface area contributed by atoms with Crippen molar-refractivity contribution in [2.75, 3.05) is 24.6 Å². The Morgan fingerprint density at radius 2 is 2.23 bits per heavy atom. The molecule has 0 aromatic carbocycles. The Hall–Kier alpha value is -0.0600. The zero-order chi connectivity index (χ0) is 9.10. The van der Waals surface area contributed by atoms with Crippen LogP contribution in [0.5, 0.6) is 0 Å². The van der Waals surface area contributed by atoms with Crippen LogP contribution in [0.3, 0.4) is 0 Å². The van der Waals surface area contributed by atoms with Crippen LogP contribution in [-0.4, -0.2) is 34.5 Å². The SMILES string of the molecule is Cc1ncsc1CN1CCSCC1. The summed E-state index contributed by atoms with van der Waals surface area (Å²) in [6, 6.07) is 0. The molecule has 13 heavy (non-hydrogen) atoms. The number of nitrogens with zero attached hydrogens (tertiary/aromatic N) is 2. The topological polar surface area (TPSA) is 16.1 Å². The van der Waals surface area contributed by atoms with E-state index in [-0.39, 0.29) is 0 Å². The summed E-state index contributed by atoms with van der Waals surface area (Å²) in [7, 11) is 0. The van der Waals surface area contributed by atoms with Crippen LogP contribution in [0.1, 0.15) is 10.6 Å². The van der Waals surface area contributed by atoms with Crippen molar-refractivity contribution in [2.45, 2.75) is 13.5 Å². The first kappa shape index (κ1) is 9.49. The highest BCUT2D eigenvalue weighted by Gasteiger charge is 2.12. The highest BCUT2D eigenvalue weighted by molar-refractivity contribution is 7.99. The number of hydrogen-bond donors (Lipinski definition) is 0. The van der Waals surface area contributed by atoms with Crippen molar-refractivity contribution in [3.63, 3.8) is 0 Å². The van der Waals surface area contributed by atoms with Crippen LogP contribution < -0.4 is 0 Å². The van der Waals surface area contributed by atoms with Crippen molar-refractivity contribution in [1.82, 2.24) is 9.88 Å². The Balaban J connectivity index is 1.93. The summed E-state index contributed by atoms with van der Waals surface area (Å²) in [5.74, 6) is 2.58. The van der Waals surface area contributed by atoms with E-state index in [1.54, 1.807) is 11.3 Å². The molecule has 72 valence electrons. The van der Waals surface area contributed by atoms with Crippen molar-refractivity contribution in [1.29, 1.82) is 0 Å². The quantitative estimate of drug-likeness (QED) is 0.749. The predicted octanol–water partition coefficient (Wildman–Crippen LogP) is 2.00. The number of thioether (sulfide) groups is 1. The predicted molar refractivity (Wildman–Crippen MR) is 59.5 cm³/mol. The van der Waals surface area contributed by atoms with Gasteiger partial charge in [-0.2, -0.15) is 11.8 Å². The lowest BCUT2D eigenvalue weighted by Gasteiger charge is -2.25. The van der Waals surface area contributed by atoms with Crippen molar-refractivity contribution in [3.05, 3.63) is 16.1 Å². The molecule has 1 aromatic heterocycles. The van der Waals surface area contributed by atoms with E-state index in [1.807, 2.05) is 5.51 Å². The molecule has 4 heteroatoms. The van der Waals surface area contributed by atoms with Gasteiger partial charge in [0.05, 0.1) is 11.2 Å². The molecule has 0 amide bonds. The third-order valence-corrected chi connectivity index (χ3v) is 4.18. The van der Waals surface area contributed by atoms with E-state index in [9.17, 15) is 0 Å². The second-order valence-electron chi connectivity index (χ2n) is 3.25. The lowest BCUT2D eigenvalue weighted by Crippen LogP contribution is -2.31. The van der Waals surface area contributed by atoms with Crippen LogP contribution in [0.2, 0.25) is 0 Å². The van der Waals surface area contributed by atoms with Gasteiger partial charge in [-0.1, -0.05) is 0 Å². The minimum atomic E-state index is 1.11. The van der Waals surface area contributed by atoms with E-state index in [2.05, 4.69) is 28.6 Å². The van der Waals surface area contributed by atoms with Crippen LogP contribution >= 0.6 is 23.1 Å². The molecule has 0 spiro atoms. The van der Waals surface area contributed by atoms with E-state index in [0.717, 1.165) is 6.54 Å². The molecule has 0 unspecified atom stereocenters. The molecule has 1 aromatic rings. The lowest BCUT2D eigenvalue weighted by atomic mass is 10.3. The highest BCUT2D eigenvalue weighted by Crippen LogP contribution is 2.17. The second kappa shape index (κ2) is 4.44. The summed E-state index contributed by atoms with van der Waals surface area (Å²) < 4.78 is 0. The summed E-state index contributed by atoms with van der Waals surface area (Å²) >= 11 is 3.85. The van der Waals surface area contributed by atoms with Gasteiger partial charge in [-0.05, 0) is 6.92 Å². The zero-order valence-corrected chi connectivity index (χ0v) is 9.46. The molecule has 0 radical (unpaired) electrons. The fraction of sp³-hybridized carbons (Fsp3) is 0.667. The molecule has 0 saturated carbocycles. The first-order chi connectivity index (χ1) is 6.36. The smallest absolute Gasteiger partial charge is 0.0798 e. The minimum absolute atomic E-state index is 1.11. The van der Waals surface area contributed by atoms with Gasteiger partial charge in [0.2, 0.25) is 0 Å². The Labute approximate surface area is 87.4 Å². The molecule has 1 aliphatic heterocycles. The summed E-state index contributed by atoms with van der Waals surface area (Å²) in [6.07, 6.45) is 0. The Bertz CT molecular complexity index is 266. The van der Waals surface area contributed by atoms with E-state index in [1.165, 1.54) is 35.2 Å². The number of hydrogen-bond acceptors (Lipinski definition) is 4. The minimum Gasteiger partial charge on any atom is -0.297 e. The van der Waals surface area contributed by atoms with Crippen LogP contribution in [0.4, 0.5) is 0 Å². The molecule has 0 aliphatic carbocycles. The number of aromatic nitrogens is 1. The summed E-state index contributed by atoms with van der Waals surface area (Å²) in [4.78, 5) is 8.23. The molecule has 0 bridgehead atoms. The average Bonchev–Trinajstić information content (AvgIpc) is 2.54. The van der Waals surface area contributed by atoms with Gasteiger partial charge in [-0.15, -0.1) is 11.3 Å². The monoisotopic (exact) mass is 214 g/mol. The molecule has 2 heterocycles. The summed E-state index contributed by atoms with van der Waals surface area (Å²) in [6.45, 7) is 5.69. The van der Waals surface area contributed by atoms with Crippen molar-refractivity contribution < 1.29 is 0 Å².